The highest BCUT2D eigenvalue weighted by atomic mass is 16.5. The molecule has 0 fully saturated rings. The van der Waals surface area contributed by atoms with Crippen molar-refractivity contribution in [2.75, 3.05) is 6.54 Å². The molecule has 0 amide bonds. The first-order valence-electron chi connectivity index (χ1n) is 6.70. The van der Waals surface area contributed by atoms with Crippen LogP contribution < -0.4 is 0 Å². The van der Waals surface area contributed by atoms with Crippen LogP contribution in [0.5, 0.6) is 0 Å². The Hall–Kier alpha value is -1.69. The van der Waals surface area contributed by atoms with Crippen LogP contribution in [-0.4, -0.2) is 31.4 Å². The third kappa shape index (κ3) is 2.40. The average Bonchev–Trinajstić information content (AvgIpc) is 2.95. The fourth-order valence-electron chi connectivity index (χ4n) is 2.50. The Bertz CT molecular complexity index is 571. The van der Waals surface area contributed by atoms with Crippen LogP contribution in [0, 0.1) is 6.92 Å². The Balaban J connectivity index is 1.72. The van der Waals surface area contributed by atoms with Gasteiger partial charge in [0.2, 0.25) is 0 Å². The van der Waals surface area contributed by atoms with Gasteiger partial charge in [-0.15, -0.1) is 10.2 Å². The molecule has 0 saturated carbocycles. The van der Waals surface area contributed by atoms with E-state index in [0.29, 0.717) is 5.92 Å². The molecule has 6 heteroatoms. The number of aryl methyl sites for hydroxylation is 1. The first-order chi connectivity index (χ1) is 9.13. The van der Waals surface area contributed by atoms with Crippen molar-refractivity contribution < 1.29 is 4.52 Å². The second kappa shape index (κ2) is 4.77. The van der Waals surface area contributed by atoms with Gasteiger partial charge in [-0.05, 0) is 6.92 Å². The van der Waals surface area contributed by atoms with E-state index in [4.69, 9.17) is 4.52 Å². The molecule has 0 radical (unpaired) electrons. The van der Waals surface area contributed by atoms with Crippen LogP contribution in [0.4, 0.5) is 0 Å². The summed E-state index contributed by atoms with van der Waals surface area (Å²) in [6.45, 7) is 9.79. The minimum absolute atomic E-state index is 0.421. The molecular weight excluding hydrogens is 242 g/mol. The van der Waals surface area contributed by atoms with E-state index in [-0.39, 0.29) is 0 Å². The Morgan fingerprint density at radius 2 is 2.16 bits per heavy atom. The molecule has 0 saturated heterocycles. The molecule has 2 aromatic heterocycles. The van der Waals surface area contributed by atoms with Crippen molar-refractivity contribution in [1.29, 1.82) is 0 Å². The Morgan fingerprint density at radius 3 is 2.84 bits per heavy atom. The molecule has 0 spiro atoms. The summed E-state index contributed by atoms with van der Waals surface area (Å²) in [5.41, 5.74) is 0.928. The van der Waals surface area contributed by atoms with Crippen LogP contribution >= 0.6 is 0 Å². The van der Waals surface area contributed by atoms with E-state index in [9.17, 15) is 0 Å². The minimum Gasteiger partial charge on any atom is -0.360 e. The number of aromatic nitrogens is 4. The molecule has 0 bridgehead atoms. The van der Waals surface area contributed by atoms with Crippen molar-refractivity contribution in [2.45, 2.75) is 46.3 Å². The second-order valence-electron chi connectivity index (χ2n) is 5.43. The van der Waals surface area contributed by atoms with Gasteiger partial charge in [0, 0.05) is 25.1 Å². The number of fused-ring (bicyclic) bond motifs is 1. The number of rotatable bonds is 3. The highest BCUT2D eigenvalue weighted by Gasteiger charge is 2.23. The first-order valence-corrected chi connectivity index (χ1v) is 6.70. The molecule has 19 heavy (non-hydrogen) atoms. The summed E-state index contributed by atoms with van der Waals surface area (Å²) in [7, 11) is 0. The quantitative estimate of drug-likeness (QED) is 0.841. The van der Waals surface area contributed by atoms with E-state index in [1.54, 1.807) is 0 Å². The van der Waals surface area contributed by atoms with Gasteiger partial charge in [0.25, 0.3) is 0 Å². The van der Waals surface area contributed by atoms with Crippen LogP contribution in [0.3, 0.4) is 0 Å². The van der Waals surface area contributed by atoms with E-state index in [2.05, 4.69) is 38.7 Å². The summed E-state index contributed by atoms with van der Waals surface area (Å²) in [5, 5.41) is 12.5. The SMILES string of the molecule is Cc1cc(CN2CCn3c(nnc3C(C)C)C2)on1. The monoisotopic (exact) mass is 261 g/mol. The molecule has 1 aliphatic heterocycles. The molecular formula is C13H19N5O. The minimum atomic E-state index is 0.421. The zero-order valence-electron chi connectivity index (χ0n) is 11.6. The Morgan fingerprint density at radius 1 is 1.32 bits per heavy atom. The summed E-state index contributed by atoms with van der Waals surface area (Å²) in [4.78, 5) is 2.31. The van der Waals surface area contributed by atoms with Gasteiger partial charge in [0.05, 0.1) is 18.8 Å². The lowest BCUT2D eigenvalue weighted by molar-refractivity contribution is 0.185. The van der Waals surface area contributed by atoms with Gasteiger partial charge in [-0.3, -0.25) is 4.90 Å². The number of hydrogen-bond acceptors (Lipinski definition) is 5. The third-order valence-corrected chi connectivity index (χ3v) is 3.43. The van der Waals surface area contributed by atoms with Crippen molar-refractivity contribution >= 4 is 0 Å². The van der Waals surface area contributed by atoms with E-state index >= 15 is 0 Å². The molecule has 0 unspecified atom stereocenters. The lowest BCUT2D eigenvalue weighted by Crippen LogP contribution is -2.34. The predicted octanol–water partition coefficient (Wildman–Crippen LogP) is 1.71. The maximum atomic E-state index is 5.26. The highest BCUT2D eigenvalue weighted by Crippen LogP contribution is 2.19. The molecule has 0 aliphatic carbocycles. The van der Waals surface area contributed by atoms with Crippen molar-refractivity contribution in [3.63, 3.8) is 0 Å². The molecule has 1 aliphatic rings. The van der Waals surface area contributed by atoms with E-state index in [1.807, 2.05) is 13.0 Å². The van der Waals surface area contributed by atoms with Gasteiger partial charge >= 0.3 is 0 Å². The third-order valence-electron chi connectivity index (χ3n) is 3.43. The lowest BCUT2D eigenvalue weighted by atomic mass is 10.2. The van der Waals surface area contributed by atoms with E-state index in [0.717, 1.165) is 49.3 Å². The maximum absolute atomic E-state index is 5.26. The molecule has 0 N–H and O–H groups in total. The molecule has 0 aromatic carbocycles. The van der Waals surface area contributed by atoms with Gasteiger partial charge in [-0.2, -0.15) is 0 Å². The molecule has 3 rings (SSSR count). The van der Waals surface area contributed by atoms with Gasteiger partial charge in [0.1, 0.15) is 11.6 Å². The zero-order valence-corrected chi connectivity index (χ0v) is 11.6. The zero-order chi connectivity index (χ0) is 13.4. The molecule has 3 heterocycles. The fraction of sp³-hybridized carbons (Fsp3) is 0.615. The van der Waals surface area contributed by atoms with Crippen LogP contribution in [-0.2, 0) is 19.6 Å². The topological polar surface area (TPSA) is 60.0 Å². The molecule has 6 nitrogen and oxygen atoms in total. The van der Waals surface area contributed by atoms with Crippen LogP contribution in [0.25, 0.3) is 0 Å². The Labute approximate surface area is 112 Å². The van der Waals surface area contributed by atoms with E-state index in [1.165, 1.54) is 0 Å². The molecule has 102 valence electrons. The standard InChI is InChI=1S/C13H19N5O/c1-9(2)13-15-14-12-8-17(4-5-18(12)13)7-11-6-10(3)16-19-11/h6,9H,4-5,7-8H2,1-3H3. The van der Waals surface area contributed by atoms with Crippen molar-refractivity contribution in [1.82, 2.24) is 24.8 Å². The normalized spacial score (nSPS) is 16.0. The number of hydrogen-bond donors (Lipinski definition) is 0. The lowest BCUT2D eigenvalue weighted by Gasteiger charge is -2.27. The van der Waals surface area contributed by atoms with Crippen molar-refractivity contribution in [2.24, 2.45) is 0 Å². The fourth-order valence-corrected chi connectivity index (χ4v) is 2.50. The maximum Gasteiger partial charge on any atom is 0.150 e. The van der Waals surface area contributed by atoms with Gasteiger partial charge in [-0.1, -0.05) is 19.0 Å². The summed E-state index contributed by atoms with van der Waals surface area (Å²) in [6.07, 6.45) is 0. The summed E-state index contributed by atoms with van der Waals surface area (Å²) in [5.74, 6) is 3.47. The second-order valence-corrected chi connectivity index (χ2v) is 5.43. The Kier molecular flexibility index (Phi) is 3.10. The van der Waals surface area contributed by atoms with Crippen LogP contribution in [0.15, 0.2) is 10.6 Å². The van der Waals surface area contributed by atoms with E-state index < -0.39 is 0 Å². The van der Waals surface area contributed by atoms with Crippen molar-refractivity contribution in [3.05, 3.63) is 29.2 Å². The predicted molar refractivity (Wildman–Crippen MR) is 69.5 cm³/mol. The van der Waals surface area contributed by atoms with Crippen molar-refractivity contribution in [3.8, 4) is 0 Å². The smallest absolute Gasteiger partial charge is 0.150 e. The summed E-state index contributed by atoms with van der Waals surface area (Å²) in [6, 6.07) is 1.98. The summed E-state index contributed by atoms with van der Waals surface area (Å²) >= 11 is 0. The van der Waals surface area contributed by atoms with Gasteiger partial charge < -0.3 is 9.09 Å². The average molecular weight is 261 g/mol. The van der Waals surface area contributed by atoms with Crippen LogP contribution in [0.1, 0.15) is 42.9 Å². The summed E-state index contributed by atoms with van der Waals surface area (Å²) < 4.78 is 7.51. The van der Waals surface area contributed by atoms with Crippen LogP contribution in [0.2, 0.25) is 0 Å². The molecule has 0 atom stereocenters. The largest absolute Gasteiger partial charge is 0.360 e. The van der Waals surface area contributed by atoms with Gasteiger partial charge in [0.15, 0.2) is 5.76 Å². The molecule has 2 aromatic rings. The highest BCUT2D eigenvalue weighted by molar-refractivity contribution is 5.05. The van der Waals surface area contributed by atoms with Gasteiger partial charge in [-0.25, -0.2) is 0 Å². The first kappa shape index (κ1) is 12.3. The number of nitrogens with zero attached hydrogens (tertiary/aromatic N) is 5.